The van der Waals surface area contributed by atoms with Crippen LogP contribution in [0.15, 0.2) is 64.5 Å². The predicted molar refractivity (Wildman–Crippen MR) is 106 cm³/mol. The molecule has 0 aliphatic carbocycles. The highest BCUT2D eigenvalue weighted by molar-refractivity contribution is 7.99. The van der Waals surface area contributed by atoms with Gasteiger partial charge < -0.3 is 15.4 Å². The van der Waals surface area contributed by atoms with Crippen LogP contribution in [-0.4, -0.2) is 26.7 Å². The van der Waals surface area contributed by atoms with Crippen LogP contribution in [0.4, 0.5) is 5.69 Å². The smallest absolute Gasteiger partial charge is 0.255 e. The summed E-state index contributed by atoms with van der Waals surface area (Å²) in [5.41, 5.74) is 2.44. The molecular weight excluding hydrogens is 362 g/mol. The van der Waals surface area contributed by atoms with Gasteiger partial charge in [-0.05, 0) is 24.6 Å². The van der Waals surface area contributed by atoms with Gasteiger partial charge in [-0.3, -0.25) is 9.59 Å². The van der Waals surface area contributed by atoms with Crippen molar-refractivity contribution in [1.82, 2.24) is 9.97 Å². The van der Waals surface area contributed by atoms with Crippen molar-refractivity contribution < 1.29 is 9.90 Å². The Bertz CT molecular complexity index is 1000. The minimum atomic E-state index is -0.296. The Labute approximate surface area is 160 Å². The molecular formula is C20H19N3O3S. The number of anilines is 1. The van der Waals surface area contributed by atoms with Crippen LogP contribution in [0.5, 0.6) is 5.75 Å². The van der Waals surface area contributed by atoms with E-state index < -0.39 is 0 Å². The van der Waals surface area contributed by atoms with Crippen LogP contribution in [0, 0.1) is 6.92 Å². The summed E-state index contributed by atoms with van der Waals surface area (Å²) in [6.45, 7) is 1.79. The largest absolute Gasteiger partial charge is 0.506 e. The summed E-state index contributed by atoms with van der Waals surface area (Å²) in [5.74, 6) is -0.229. The van der Waals surface area contributed by atoms with Crippen LogP contribution in [0.3, 0.4) is 0 Å². The van der Waals surface area contributed by atoms with Crippen molar-refractivity contribution >= 4 is 23.4 Å². The highest BCUT2D eigenvalue weighted by Gasteiger charge is 2.12. The lowest BCUT2D eigenvalue weighted by Gasteiger charge is -2.08. The van der Waals surface area contributed by atoms with Gasteiger partial charge in [0.1, 0.15) is 5.75 Å². The number of aromatic hydroxyl groups is 1. The van der Waals surface area contributed by atoms with E-state index in [9.17, 15) is 14.7 Å². The number of thioether (sulfide) groups is 1. The van der Waals surface area contributed by atoms with Crippen molar-refractivity contribution in [3.8, 4) is 5.75 Å². The van der Waals surface area contributed by atoms with Crippen molar-refractivity contribution in [3.05, 3.63) is 81.8 Å². The molecule has 0 bridgehead atoms. The molecule has 0 aliphatic heterocycles. The first-order valence-corrected chi connectivity index (χ1v) is 9.36. The first kappa shape index (κ1) is 18.7. The van der Waals surface area contributed by atoms with E-state index in [-0.39, 0.29) is 23.0 Å². The maximum atomic E-state index is 12.4. The van der Waals surface area contributed by atoms with Crippen LogP contribution in [0.1, 0.15) is 16.8 Å². The number of aryl methyl sites for hydroxylation is 1. The lowest BCUT2D eigenvalue weighted by atomic mass is 10.1. The number of phenols is 1. The van der Waals surface area contributed by atoms with E-state index in [4.69, 9.17) is 0 Å². The Morgan fingerprint density at radius 2 is 1.85 bits per heavy atom. The van der Waals surface area contributed by atoms with Crippen LogP contribution in [0.2, 0.25) is 0 Å². The average Bonchev–Trinajstić information content (AvgIpc) is 2.66. The van der Waals surface area contributed by atoms with Gasteiger partial charge in [0, 0.05) is 17.7 Å². The molecule has 1 heterocycles. The normalized spacial score (nSPS) is 10.6. The summed E-state index contributed by atoms with van der Waals surface area (Å²) in [6, 6.07) is 16.2. The highest BCUT2D eigenvalue weighted by atomic mass is 32.2. The number of benzene rings is 2. The summed E-state index contributed by atoms with van der Waals surface area (Å²) in [7, 11) is 0. The SMILES string of the molecule is Cc1nc(SCC(=O)Nc2ccccc2O)[nH]c(=O)c1Cc1ccccc1. The molecule has 3 N–H and O–H groups in total. The number of phenolic OH excluding ortho intramolecular Hbond substituents is 1. The lowest BCUT2D eigenvalue weighted by Crippen LogP contribution is -2.19. The zero-order chi connectivity index (χ0) is 19.2. The molecule has 0 atom stereocenters. The average molecular weight is 381 g/mol. The number of amides is 1. The number of hydrogen-bond donors (Lipinski definition) is 3. The van der Waals surface area contributed by atoms with Gasteiger partial charge in [0.05, 0.1) is 11.4 Å². The van der Waals surface area contributed by atoms with Gasteiger partial charge in [0.25, 0.3) is 5.56 Å². The lowest BCUT2D eigenvalue weighted by molar-refractivity contribution is -0.113. The Morgan fingerprint density at radius 3 is 2.56 bits per heavy atom. The molecule has 0 radical (unpaired) electrons. The maximum absolute atomic E-state index is 12.4. The Morgan fingerprint density at radius 1 is 1.15 bits per heavy atom. The third-order valence-corrected chi connectivity index (χ3v) is 4.82. The standard InChI is InChI=1S/C20H19N3O3S/c1-13-15(11-14-7-3-2-4-8-14)19(26)23-20(21-13)27-12-18(25)22-16-9-5-6-10-17(16)24/h2-10,24H,11-12H2,1H3,(H,22,25)(H,21,23,26). The third-order valence-electron chi connectivity index (χ3n) is 3.94. The molecule has 0 saturated heterocycles. The van der Waals surface area contributed by atoms with E-state index in [1.807, 2.05) is 30.3 Å². The first-order chi connectivity index (χ1) is 13.0. The van der Waals surface area contributed by atoms with Gasteiger partial charge in [-0.25, -0.2) is 4.98 Å². The number of hydrogen-bond acceptors (Lipinski definition) is 5. The second-order valence-electron chi connectivity index (χ2n) is 5.95. The zero-order valence-corrected chi connectivity index (χ0v) is 15.5. The molecule has 3 rings (SSSR count). The number of rotatable bonds is 6. The second kappa shape index (κ2) is 8.55. The summed E-state index contributed by atoms with van der Waals surface area (Å²) in [6.07, 6.45) is 0.508. The molecule has 1 aromatic heterocycles. The Hall–Kier alpha value is -3.06. The number of carbonyl (C=O) groups excluding carboxylic acids is 1. The van der Waals surface area contributed by atoms with Crippen LogP contribution >= 0.6 is 11.8 Å². The van der Waals surface area contributed by atoms with Gasteiger partial charge in [0.2, 0.25) is 5.91 Å². The van der Waals surface area contributed by atoms with Gasteiger partial charge in [-0.1, -0.05) is 54.2 Å². The summed E-state index contributed by atoms with van der Waals surface area (Å²) < 4.78 is 0. The number of H-pyrrole nitrogens is 1. The van der Waals surface area contributed by atoms with Crippen molar-refractivity contribution in [2.24, 2.45) is 0 Å². The molecule has 0 unspecified atom stereocenters. The van der Waals surface area contributed by atoms with Gasteiger partial charge in [0.15, 0.2) is 5.16 Å². The third kappa shape index (κ3) is 4.98. The van der Waals surface area contributed by atoms with Crippen molar-refractivity contribution in [1.29, 1.82) is 0 Å². The van der Waals surface area contributed by atoms with Gasteiger partial charge >= 0.3 is 0 Å². The zero-order valence-electron chi connectivity index (χ0n) is 14.7. The first-order valence-electron chi connectivity index (χ1n) is 8.37. The van der Waals surface area contributed by atoms with Crippen molar-refractivity contribution in [2.45, 2.75) is 18.5 Å². The fourth-order valence-electron chi connectivity index (χ4n) is 2.56. The quantitative estimate of drug-likeness (QED) is 0.346. The maximum Gasteiger partial charge on any atom is 0.255 e. The molecule has 138 valence electrons. The van der Waals surface area contributed by atoms with Gasteiger partial charge in [-0.2, -0.15) is 0 Å². The number of nitrogens with one attached hydrogen (secondary N) is 2. The topological polar surface area (TPSA) is 95.1 Å². The van der Waals surface area contributed by atoms with Crippen LogP contribution in [0.25, 0.3) is 0 Å². The van der Waals surface area contributed by atoms with Crippen LogP contribution < -0.4 is 10.9 Å². The van der Waals surface area contributed by atoms with E-state index >= 15 is 0 Å². The summed E-state index contributed by atoms with van der Waals surface area (Å²) >= 11 is 1.14. The molecule has 0 fully saturated rings. The molecule has 0 spiro atoms. The molecule has 0 saturated carbocycles. The molecule has 3 aromatic rings. The van der Waals surface area contributed by atoms with E-state index in [0.29, 0.717) is 28.5 Å². The summed E-state index contributed by atoms with van der Waals surface area (Å²) in [5, 5.41) is 12.7. The molecule has 2 aromatic carbocycles. The molecule has 27 heavy (non-hydrogen) atoms. The minimum absolute atomic E-state index is 0.00323. The number of nitrogens with zero attached hydrogens (tertiary/aromatic N) is 1. The monoisotopic (exact) mass is 381 g/mol. The van der Waals surface area contributed by atoms with Crippen molar-refractivity contribution in [2.75, 3.05) is 11.1 Å². The van der Waals surface area contributed by atoms with E-state index in [1.54, 1.807) is 25.1 Å². The molecule has 6 nitrogen and oxygen atoms in total. The molecule has 7 heteroatoms. The van der Waals surface area contributed by atoms with Crippen molar-refractivity contribution in [3.63, 3.8) is 0 Å². The van der Waals surface area contributed by atoms with E-state index in [1.165, 1.54) is 6.07 Å². The Balaban J connectivity index is 1.65. The minimum Gasteiger partial charge on any atom is -0.506 e. The number of aromatic amines is 1. The highest BCUT2D eigenvalue weighted by Crippen LogP contribution is 2.22. The number of carbonyl (C=O) groups is 1. The number of para-hydroxylation sites is 2. The number of aromatic nitrogens is 2. The Kier molecular flexibility index (Phi) is 5.93. The molecule has 1 amide bonds. The summed E-state index contributed by atoms with van der Waals surface area (Å²) in [4.78, 5) is 31.6. The van der Waals surface area contributed by atoms with E-state index in [0.717, 1.165) is 17.3 Å². The molecule has 0 aliphatic rings. The van der Waals surface area contributed by atoms with Crippen LogP contribution in [-0.2, 0) is 11.2 Å². The fraction of sp³-hybridized carbons (Fsp3) is 0.150. The fourth-order valence-corrected chi connectivity index (χ4v) is 3.27. The van der Waals surface area contributed by atoms with E-state index in [2.05, 4.69) is 15.3 Å². The van der Waals surface area contributed by atoms with Gasteiger partial charge in [-0.15, -0.1) is 0 Å². The predicted octanol–water partition coefficient (Wildman–Crippen LogP) is 3.11. The second-order valence-corrected chi connectivity index (χ2v) is 6.92.